The van der Waals surface area contributed by atoms with Crippen molar-refractivity contribution in [2.45, 2.75) is 41.5 Å². The van der Waals surface area contributed by atoms with E-state index in [1.54, 1.807) is 11.8 Å². The maximum Gasteiger partial charge on any atom is 0.0608 e. The van der Waals surface area contributed by atoms with Crippen LogP contribution >= 0.6 is 35.0 Å². The minimum atomic E-state index is -0.519. The topological polar surface area (TPSA) is 46.2 Å². The van der Waals surface area contributed by atoms with Gasteiger partial charge in [-0.15, -0.1) is 0 Å². The van der Waals surface area contributed by atoms with Crippen LogP contribution in [-0.4, -0.2) is 17.3 Å². The van der Waals surface area contributed by atoms with Crippen molar-refractivity contribution in [1.82, 2.24) is 0 Å². The molecule has 2 rings (SSSR count). The van der Waals surface area contributed by atoms with Crippen molar-refractivity contribution >= 4 is 35.0 Å². The summed E-state index contributed by atoms with van der Waals surface area (Å²) < 4.78 is 0. The van der Waals surface area contributed by atoms with Gasteiger partial charge in [0.25, 0.3) is 0 Å². The van der Waals surface area contributed by atoms with Gasteiger partial charge in [-0.3, -0.25) is 0 Å². The van der Waals surface area contributed by atoms with Gasteiger partial charge in [0.1, 0.15) is 0 Å². The Bertz CT molecular complexity index is 661. The molecule has 23 heavy (non-hydrogen) atoms. The van der Waals surface area contributed by atoms with Crippen LogP contribution in [0.25, 0.3) is 0 Å². The van der Waals surface area contributed by atoms with Crippen molar-refractivity contribution in [2.24, 2.45) is 5.73 Å². The molecular weight excluding hydrogens is 349 g/mol. The molecule has 0 spiro atoms. The fourth-order valence-corrected chi connectivity index (χ4v) is 3.73. The molecule has 0 saturated heterocycles. The van der Waals surface area contributed by atoms with E-state index >= 15 is 0 Å². The van der Waals surface area contributed by atoms with E-state index in [0.717, 1.165) is 44.7 Å². The molecule has 2 aromatic rings. The molecular formula is C18H21Cl2NOS. The average Bonchev–Trinajstić information content (AvgIpc) is 2.49. The first-order valence-electron chi connectivity index (χ1n) is 7.51. The molecule has 2 aromatic carbocycles. The van der Waals surface area contributed by atoms with Gasteiger partial charge < -0.3 is 10.8 Å². The minimum Gasteiger partial charge on any atom is -0.394 e. The second kappa shape index (κ2) is 8.41. The zero-order valence-corrected chi connectivity index (χ0v) is 15.4. The predicted octanol–water partition coefficient (Wildman–Crippen LogP) is 5.18. The average molecular weight is 370 g/mol. The molecule has 5 heteroatoms. The first kappa shape index (κ1) is 18.6. The number of halogens is 2. The van der Waals surface area contributed by atoms with Crippen LogP contribution in [0.15, 0.2) is 52.3 Å². The van der Waals surface area contributed by atoms with Crippen LogP contribution in [0.5, 0.6) is 0 Å². The number of aliphatic hydroxyl groups is 1. The highest BCUT2D eigenvalue weighted by Gasteiger charge is 2.16. The van der Waals surface area contributed by atoms with E-state index in [2.05, 4.69) is 12.1 Å². The van der Waals surface area contributed by atoms with Gasteiger partial charge in [0.05, 0.1) is 6.61 Å². The highest BCUT2D eigenvalue weighted by molar-refractivity contribution is 7.99. The predicted molar refractivity (Wildman–Crippen MR) is 99.6 cm³/mol. The summed E-state index contributed by atoms with van der Waals surface area (Å²) >= 11 is 14.0. The lowest BCUT2D eigenvalue weighted by Crippen LogP contribution is -2.40. The molecule has 0 radical (unpaired) electrons. The van der Waals surface area contributed by atoms with Crippen LogP contribution < -0.4 is 5.73 Å². The number of rotatable bonds is 7. The van der Waals surface area contributed by atoms with Gasteiger partial charge >= 0.3 is 0 Å². The Balaban J connectivity index is 1.98. The van der Waals surface area contributed by atoms with Gasteiger partial charge in [-0.2, -0.15) is 0 Å². The molecule has 0 heterocycles. The monoisotopic (exact) mass is 369 g/mol. The van der Waals surface area contributed by atoms with Crippen LogP contribution in [0.4, 0.5) is 0 Å². The Labute approximate surface area is 152 Å². The third-order valence-electron chi connectivity index (χ3n) is 3.61. The molecule has 2 nitrogen and oxygen atoms in total. The van der Waals surface area contributed by atoms with E-state index in [0.29, 0.717) is 0 Å². The molecule has 0 fully saturated rings. The summed E-state index contributed by atoms with van der Waals surface area (Å²) in [5.41, 5.74) is 6.53. The SMILES string of the molecule is C[C@](N)(CO)CCCc1ccc(Sc2cccc(Cl)c2)cc1Cl. The molecule has 0 amide bonds. The lowest BCUT2D eigenvalue weighted by molar-refractivity contribution is 0.198. The van der Waals surface area contributed by atoms with Crippen LogP contribution in [0, 0.1) is 0 Å². The molecule has 124 valence electrons. The molecule has 3 N–H and O–H groups in total. The maximum absolute atomic E-state index is 9.18. The Morgan fingerprint density at radius 2 is 1.87 bits per heavy atom. The van der Waals surface area contributed by atoms with Gasteiger partial charge in [0, 0.05) is 25.4 Å². The van der Waals surface area contributed by atoms with Crippen molar-refractivity contribution in [3.8, 4) is 0 Å². The normalized spacial score (nSPS) is 13.8. The number of benzene rings is 2. The largest absolute Gasteiger partial charge is 0.394 e. The molecule has 0 bridgehead atoms. The second-order valence-electron chi connectivity index (χ2n) is 5.98. The molecule has 0 saturated carbocycles. The molecule has 0 aliphatic rings. The van der Waals surface area contributed by atoms with Crippen LogP contribution in [0.2, 0.25) is 10.0 Å². The number of aliphatic hydroxyl groups excluding tert-OH is 1. The van der Waals surface area contributed by atoms with Gasteiger partial charge in [-0.25, -0.2) is 0 Å². The number of hydrogen-bond acceptors (Lipinski definition) is 3. The lowest BCUT2D eigenvalue weighted by atomic mass is 9.95. The number of nitrogens with two attached hydrogens (primary N) is 1. The maximum atomic E-state index is 9.18. The zero-order chi connectivity index (χ0) is 16.9. The Morgan fingerprint density at radius 3 is 2.52 bits per heavy atom. The van der Waals surface area contributed by atoms with Crippen LogP contribution in [0.1, 0.15) is 25.3 Å². The first-order valence-corrected chi connectivity index (χ1v) is 9.08. The minimum absolute atomic E-state index is 0.00402. The van der Waals surface area contributed by atoms with Crippen molar-refractivity contribution in [1.29, 1.82) is 0 Å². The summed E-state index contributed by atoms with van der Waals surface area (Å²) in [4.78, 5) is 2.17. The summed E-state index contributed by atoms with van der Waals surface area (Å²) in [6.45, 7) is 1.86. The number of aryl methyl sites for hydroxylation is 1. The molecule has 0 aromatic heterocycles. The Morgan fingerprint density at radius 1 is 1.13 bits per heavy atom. The van der Waals surface area contributed by atoms with Gasteiger partial charge in [-0.05, 0) is 62.1 Å². The van der Waals surface area contributed by atoms with E-state index < -0.39 is 5.54 Å². The smallest absolute Gasteiger partial charge is 0.0608 e. The van der Waals surface area contributed by atoms with Gasteiger partial charge in [0.15, 0.2) is 0 Å². The summed E-state index contributed by atoms with van der Waals surface area (Å²) in [5, 5.41) is 10.7. The first-order chi connectivity index (χ1) is 10.9. The standard InChI is InChI=1S/C18H21Cl2NOS/c1-18(21,12-22)9-3-4-13-7-8-16(11-17(13)20)23-15-6-2-5-14(19)10-15/h2,5-8,10-11,22H,3-4,9,12,21H2,1H3/t18-/m1/s1. The summed E-state index contributed by atoms with van der Waals surface area (Å²) in [7, 11) is 0. The molecule has 0 unspecified atom stereocenters. The van der Waals surface area contributed by atoms with Crippen LogP contribution in [0.3, 0.4) is 0 Å². The van der Waals surface area contributed by atoms with E-state index in [-0.39, 0.29) is 6.61 Å². The van der Waals surface area contributed by atoms with E-state index in [9.17, 15) is 5.11 Å². The summed E-state index contributed by atoms with van der Waals surface area (Å²) in [6.07, 6.45) is 2.51. The Hall–Kier alpha value is -0.710. The van der Waals surface area contributed by atoms with Crippen molar-refractivity contribution < 1.29 is 5.11 Å². The molecule has 0 aliphatic carbocycles. The number of hydrogen-bond donors (Lipinski definition) is 2. The molecule has 0 aliphatic heterocycles. The second-order valence-corrected chi connectivity index (χ2v) is 7.97. The van der Waals surface area contributed by atoms with Crippen LogP contribution in [-0.2, 0) is 6.42 Å². The van der Waals surface area contributed by atoms with E-state index in [4.69, 9.17) is 28.9 Å². The third kappa shape index (κ3) is 6.02. The van der Waals surface area contributed by atoms with E-state index in [1.165, 1.54) is 0 Å². The fourth-order valence-electron chi connectivity index (χ4n) is 2.22. The van der Waals surface area contributed by atoms with Crippen molar-refractivity contribution in [3.63, 3.8) is 0 Å². The fraction of sp³-hybridized carbons (Fsp3) is 0.333. The summed E-state index contributed by atoms with van der Waals surface area (Å²) in [6, 6.07) is 13.9. The molecule has 1 atom stereocenters. The van der Waals surface area contributed by atoms with E-state index in [1.807, 2.05) is 37.3 Å². The lowest BCUT2D eigenvalue weighted by Gasteiger charge is -2.21. The highest BCUT2D eigenvalue weighted by Crippen LogP contribution is 2.32. The summed E-state index contributed by atoms with van der Waals surface area (Å²) in [5.74, 6) is 0. The van der Waals surface area contributed by atoms with Gasteiger partial charge in [0.2, 0.25) is 0 Å². The van der Waals surface area contributed by atoms with Crippen molar-refractivity contribution in [3.05, 3.63) is 58.1 Å². The van der Waals surface area contributed by atoms with Crippen molar-refractivity contribution in [2.75, 3.05) is 6.61 Å². The zero-order valence-electron chi connectivity index (χ0n) is 13.1. The highest BCUT2D eigenvalue weighted by atomic mass is 35.5. The Kier molecular flexibility index (Phi) is 6.81. The quantitative estimate of drug-likeness (QED) is 0.706. The third-order valence-corrected chi connectivity index (χ3v) is 5.18. The van der Waals surface area contributed by atoms with Gasteiger partial charge in [-0.1, -0.05) is 47.1 Å².